The molecule has 1 aromatic heterocycles. The number of hydrogen-bond acceptors (Lipinski definition) is 5. The van der Waals surface area contributed by atoms with Crippen LogP contribution in [-0.4, -0.2) is 22.4 Å². The van der Waals surface area contributed by atoms with Crippen LogP contribution < -0.4 is 5.32 Å². The van der Waals surface area contributed by atoms with Gasteiger partial charge in [0.15, 0.2) is 0 Å². The smallest absolute Gasteiger partial charge is 0.290 e. The molecule has 0 aliphatic carbocycles. The fourth-order valence-corrected chi connectivity index (χ4v) is 2.61. The minimum atomic E-state index is -0.680. The lowest BCUT2D eigenvalue weighted by Crippen LogP contribution is -2.25. The average Bonchev–Trinajstić information content (AvgIpc) is 2.94. The molecule has 0 saturated heterocycles. The number of aromatic nitrogens is 1. The first-order valence-corrected chi connectivity index (χ1v) is 7.42. The molecular weight excluding hydrogens is 337 g/mol. The Labute approximate surface area is 133 Å². The summed E-state index contributed by atoms with van der Waals surface area (Å²) in [5.74, 6) is -0.451. The van der Waals surface area contributed by atoms with Crippen LogP contribution in [0.5, 0.6) is 0 Å². The molecule has 0 radical (unpaired) electrons. The maximum Gasteiger partial charge on any atom is 0.290 e. The van der Waals surface area contributed by atoms with Crippen LogP contribution in [0.2, 0.25) is 10.0 Å². The average molecular weight is 346 g/mol. The van der Waals surface area contributed by atoms with Crippen molar-refractivity contribution in [3.05, 3.63) is 54.4 Å². The molecule has 0 fully saturated rings. The standard InChI is InChI=1S/C12H9Cl2N3O3S/c13-8-5-7(6-9(11(8)14)17(19)20)12(18)16-2-1-10-15-3-4-21-10/h3-6H,1-2H2,(H,16,18). The lowest BCUT2D eigenvalue weighted by atomic mass is 10.2. The SMILES string of the molecule is O=C(NCCc1nccs1)c1cc(Cl)c(Cl)c([N+](=O)[O-])c1. The second kappa shape index (κ2) is 6.84. The van der Waals surface area contributed by atoms with Crippen molar-refractivity contribution in [3.8, 4) is 0 Å². The van der Waals surface area contributed by atoms with Gasteiger partial charge >= 0.3 is 0 Å². The molecule has 0 spiro atoms. The molecule has 2 rings (SSSR count). The van der Waals surface area contributed by atoms with E-state index in [1.807, 2.05) is 5.38 Å². The van der Waals surface area contributed by atoms with E-state index >= 15 is 0 Å². The number of carbonyl (C=O) groups is 1. The third-order valence-corrected chi connectivity index (χ3v) is 4.21. The van der Waals surface area contributed by atoms with Gasteiger partial charge in [-0.1, -0.05) is 23.2 Å². The van der Waals surface area contributed by atoms with Gasteiger partial charge in [0.1, 0.15) is 5.02 Å². The number of nitrogens with one attached hydrogen (secondary N) is 1. The van der Waals surface area contributed by atoms with E-state index in [1.54, 1.807) is 6.20 Å². The summed E-state index contributed by atoms with van der Waals surface area (Å²) in [4.78, 5) is 26.2. The van der Waals surface area contributed by atoms with E-state index in [-0.39, 0.29) is 15.6 Å². The Morgan fingerprint density at radius 1 is 1.43 bits per heavy atom. The van der Waals surface area contributed by atoms with Gasteiger partial charge in [-0.2, -0.15) is 0 Å². The van der Waals surface area contributed by atoms with Crippen molar-refractivity contribution in [3.63, 3.8) is 0 Å². The third-order valence-electron chi connectivity index (χ3n) is 2.58. The summed E-state index contributed by atoms with van der Waals surface area (Å²) in [7, 11) is 0. The maximum absolute atomic E-state index is 12.0. The molecule has 1 aromatic carbocycles. The summed E-state index contributed by atoms with van der Waals surface area (Å²) in [6.45, 7) is 0.375. The van der Waals surface area contributed by atoms with Crippen molar-refractivity contribution in [1.82, 2.24) is 10.3 Å². The zero-order chi connectivity index (χ0) is 15.4. The van der Waals surface area contributed by atoms with Crippen LogP contribution in [0.4, 0.5) is 5.69 Å². The first-order valence-electron chi connectivity index (χ1n) is 5.79. The number of carbonyl (C=O) groups excluding carboxylic acids is 1. The predicted octanol–water partition coefficient (Wildman–Crippen LogP) is 3.33. The van der Waals surface area contributed by atoms with E-state index in [4.69, 9.17) is 23.2 Å². The van der Waals surface area contributed by atoms with E-state index in [1.165, 1.54) is 17.4 Å². The van der Waals surface area contributed by atoms with Crippen molar-refractivity contribution in [2.75, 3.05) is 6.54 Å². The van der Waals surface area contributed by atoms with Crippen LogP contribution in [0.15, 0.2) is 23.7 Å². The lowest BCUT2D eigenvalue weighted by molar-refractivity contribution is -0.384. The van der Waals surface area contributed by atoms with Gasteiger partial charge in [0.05, 0.1) is 15.0 Å². The quantitative estimate of drug-likeness (QED) is 0.665. The van der Waals surface area contributed by atoms with Gasteiger partial charge in [0, 0.05) is 36.2 Å². The van der Waals surface area contributed by atoms with Crippen LogP contribution in [0.25, 0.3) is 0 Å². The fraction of sp³-hybridized carbons (Fsp3) is 0.167. The molecule has 0 atom stereocenters. The summed E-state index contributed by atoms with van der Waals surface area (Å²) in [6.07, 6.45) is 2.27. The number of benzene rings is 1. The Hall–Kier alpha value is -1.70. The number of rotatable bonds is 5. The molecule has 0 saturated carbocycles. The summed E-state index contributed by atoms with van der Waals surface area (Å²) < 4.78 is 0. The molecule has 1 N–H and O–H groups in total. The molecule has 110 valence electrons. The van der Waals surface area contributed by atoms with Crippen LogP contribution in [0.3, 0.4) is 0 Å². The lowest BCUT2D eigenvalue weighted by Gasteiger charge is -2.06. The number of hydrogen-bond donors (Lipinski definition) is 1. The van der Waals surface area contributed by atoms with E-state index in [0.717, 1.165) is 11.1 Å². The van der Waals surface area contributed by atoms with Gasteiger partial charge in [0.2, 0.25) is 0 Å². The molecule has 0 bridgehead atoms. The van der Waals surface area contributed by atoms with Gasteiger partial charge < -0.3 is 5.32 Å². The largest absolute Gasteiger partial charge is 0.352 e. The molecule has 1 heterocycles. The highest BCUT2D eigenvalue weighted by molar-refractivity contribution is 7.09. The van der Waals surface area contributed by atoms with Crippen LogP contribution in [0.1, 0.15) is 15.4 Å². The number of nitro groups is 1. The zero-order valence-electron chi connectivity index (χ0n) is 10.5. The predicted molar refractivity (Wildman–Crippen MR) is 81.3 cm³/mol. The van der Waals surface area contributed by atoms with Gasteiger partial charge in [-0.25, -0.2) is 4.98 Å². The molecule has 0 unspecified atom stereocenters. The molecular formula is C12H9Cl2N3O3S. The van der Waals surface area contributed by atoms with Gasteiger partial charge in [-0.05, 0) is 6.07 Å². The van der Waals surface area contributed by atoms with E-state index in [9.17, 15) is 14.9 Å². The maximum atomic E-state index is 12.0. The van der Waals surface area contributed by atoms with Crippen LogP contribution in [0, 0.1) is 10.1 Å². The number of amides is 1. The second-order valence-corrected chi connectivity index (χ2v) is 5.74. The van der Waals surface area contributed by atoms with Gasteiger partial charge in [0.25, 0.3) is 11.6 Å². The van der Waals surface area contributed by atoms with Gasteiger partial charge in [-0.3, -0.25) is 14.9 Å². The van der Waals surface area contributed by atoms with Crippen LogP contribution in [-0.2, 0) is 6.42 Å². The first kappa shape index (κ1) is 15.7. The Kier molecular flexibility index (Phi) is 5.11. The highest BCUT2D eigenvalue weighted by atomic mass is 35.5. The summed E-state index contributed by atoms with van der Waals surface area (Å²) >= 11 is 13.0. The van der Waals surface area contributed by atoms with Crippen LogP contribution >= 0.6 is 34.5 Å². The van der Waals surface area contributed by atoms with Crippen molar-refractivity contribution in [2.45, 2.75) is 6.42 Å². The molecule has 2 aromatic rings. The second-order valence-electron chi connectivity index (χ2n) is 3.98. The fourth-order valence-electron chi connectivity index (χ4n) is 1.60. The molecule has 9 heteroatoms. The highest BCUT2D eigenvalue weighted by Gasteiger charge is 2.19. The molecule has 0 aliphatic rings. The van der Waals surface area contributed by atoms with Crippen molar-refractivity contribution in [2.24, 2.45) is 0 Å². The summed E-state index contributed by atoms with van der Waals surface area (Å²) in [5.41, 5.74) is -0.301. The number of nitrogens with zero attached hydrogens (tertiary/aromatic N) is 2. The van der Waals surface area contributed by atoms with E-state index < -0.39 is 16.5 Å². The summed E-state index contributed by atoms with van der Waals surface area (Å²) in [5, 5.41) is 16.0. The molecule has 1 amide bonds. The molecule has 6 nitrogen and oxygen atoms in total. The normalized spacial score (nSPS) is 10.4. The number of nitro benzene ring substituents is 1. The number of thiazole rings is 1. The minimum absolute atomic E-state index is 0.0315. The Morgan fingerprint density at radius 2 is 2.19 bits per heavy atom. The third kappa shape index (κ3) is 3.90. The molecule has 0 aliphatic heterocycles. The van der Waals surface area contributed by atoms with Crippen molar-refractivity contribution in [1.29, 1.82) is 0 Å². The minimum Gasteiger partial charge on any atom is -0.352 e. The van der Waals surface area contributed by atoms with E-state index in [2.05, 4.69) is 10.3 Å². The van der Waals surface area contributed by atoms with Crippen molar-refractivity contribution < 1.29 is 9.72 Å². The van der Waals surface area contributed by atoms with E-state index in [0.29, 0.717) is 13.0 Å². The number of halogens is 2. The monoisotopic (exact) mass is 345 g/mol. The first-order chi connectivity index (χ1) is 9.99. The highest BCUT2D eigenvalue weighted by Crippen LogP contribution is 2.32. The summed E-state index contributed by atoms with van der Waals surface area (Å²) in [6, 6.07) is 2.41. The Bertz CT molecular complexity index is 677. The Morgan fingerprint density at radius 3 is 2.81 bits per heavy atom. The Balaban J connectivity index is 2.07. The zero-order valence-corrected chi connectivity index (χ0v) is 12.8. The topological polar surface area (TPSA) is 85.1 Å². The van der Waals surface area contributed by atoms with Gasteiger partial charge in [-0.15, -0.1) is 11.3 Å². The molecule has 21 heavy (non-hydrogen) atoms. The van der Waals surface area contributed by atoms with Crippen molar-refractivity contribution >= 4 is 46.1 Å².